The van der Waals surface area contributed by atoms with Crippen LogP contribution >= 0.6 is 0 Å². The third-order valence-electron chi connectivity index (χ3n) is 2.28. The first-order chi connectivity index (χ1) is 7.94. The quantitative estimate of drug-likeness (QED) is 0.822. The predicted octanol–water partition coefficient (Wildman–Crippen LogP) is 2.70. The van der Waals surface area contributed by atoms with Crippen molar-refractivity contribution in [1.29, 1.82) is 0 Å². The molecular formula is C11H9F3O3. The zero-order valence-electron chi connectivity index (χ0n) is 8.66. The van der Waals surface area contributed by atoms with Crippen LogP contribution in [0.3, 0.4) is 0 Å². The molecule has 0 spiro atoms. The van der Waals surface area contributed by atoms with Crippen molar-refractivity contribution in [3.63, 3.8) is 0 Å². The number of hydrogen-bond donors (Lipinski definition) is 0. The fraction of sp³-hybridized carbons (Fsp3) is 0.364. The Morgan fingerprint density at radius 2 is 1.71 bits per heavy atom. The molecule has 0 aliphatic heterocycles. The maximum atomic E-state index is 12.1. The van der Waals surface area contributed by atoms with E-state index >= 15 is 0 Å². The van der Waals surface area contributed by atoms with Crippen LogP contribution in [0.5, 0.6) is 11.5 Å². The Morgan fingerprint density at radius 3 is 2.24 bits per heavy atom. The highest BCUT2D eigenvalue weighted by Crippen LogP contribution is 2.34. The first-order valence-electron chi connectivity index (χ1n) is 4.97. The summed E-state index contributed by atoms with van der Waals surface area (Å²) in [7, 11) is 0. The van der Waals surface area contributed by atoms with Crippen LogP contribution in [-0.4, -0.2) is 18.2 Å². The third kappa shape index (κ3) is 3.12. The summed E-state index contributed by atoms with van der Waals surface area (Å²) < 4.78 is 45.3. The molecule has 0 atom stereocenters. The molecule has 0 aromatic heterocycles. The number of halogens is 3. The van der Waals surface area contributed by atoms with E-state index in [0.29, 0.717) is 0 Å². The van der Waals surface area contributed by atoms with Crippen molar-refractivity contribution in [2.75, 3.05) is 0 Å². The van der Waals surface area contributed by atoms with E-state index in [4.69, 9.17) is 4.74 Å². The topological polar surface area (TPSA) is 35.5 Å². The number of benzene rings is 1. The second-order valence-corrected chi connectivity index (χ2v) is 3.68. The summed E-state index contributed by atoms with van der Waals surface area (Å²) in [5, 5.41) is 0. The lowest BCUT2D eigenvalue weighted by molar-refractivity contribution is -0.275. The van der Waals surface area contributed by atoms with Gasteiger partial charge in [0.1, 0.15) is 11.9 Å². The van der Waals surface area contributed by atoms with E-state index in [0.717, 1.165) is 0 Å². The van der Waals surface area contributed by atoms with Crippen LogP contribution in [-0.2, 0) is 4.79 Å². The van der Waals surface area contributed by atoms with Gasteiger partial charge in [-0.25, -0.2) is 0 Å². The van der Waals surface area contributed by atoms with Gasteiger partial charge >= 0.3 is 6.36 Å². The van der Waals surface area contributed by atoms with Crippen molar-refractivity contribution in [3.05, 3.63) is 24.3 Å². The molecule has 3 nitrogen and oxygen atoms in total. The number of hydrogen-bond acceptors (Lipinski definition) is 3. The van der Waals surface area contributed by atoms with E-state index < -0.39 is 6.36 Å². The van der Waals surface area contributed by atoms with Gasteiger partial charge in [-0.05, 0) is 12.1 Å². The van der Waals surface area contributed by atoms with E-state index in [9.17, 15) is 18.0 Å². The lowest BCUT2D eigenvalue weighted by Gasteiger charge is -2.26. The summed E-state index contributed by atoms with van der Waals surface area (Å²) in [6.07, 6.45) is -4.63. The molecule has 0 bridgehead atoms. The lowest BCUT2D eigenvalue weighted by Crippen LogP contribution is -2.34. The summed E-state index contributed by atoms with van der Waals surface area (Å²) in [5.74, 6) is -0.342. The molecule has 0 heterocycles. The summed E-state index contributed by atoms with van der Waals surface area (Å²) in [5.41, 5.74) is 0. The van der Waals surface area contributed by atoms with Gasteiger partial charge in [-0.2, -0.15) is 0 Å². The molecule has 0 saturated heterocycles. The number of alkyl halides is 3. The van der Waals surface area contributed by atoms with E-state index in [1.54, 1.807) is 6.07 Å². The van der Waals surface area contributed by atoms with E-state index in [1.807, 2.05) is 0 Å². The number of carbonyl (C=O) groups is 1. The van der Waals surface area contributed by atoms with Crippen LogP contribution in [0.1, 0.15) is 12.8 Å². The van der Waals surface area contributed by atoms with Crippen LogP contribution in [0.4, 0.5) is 13.2 Å². The molecule has 1 fully saturated rings. The number of ether oxygens (including phenoxy) is 2. The van der Waals surface area contributed by atoms with Gasteiger partial charge in [0.05, 0.1) is 0 Å². The average molecular weight is 246 g/mol. The first-order valence-corrected chi connectivity index (χ1v) is 4.97. The molecule has 0 radical (unpaired) electrons. The van der Waals surface area contributed by atoms with Gasteiger partial charge in [-0.15, -0.1) is 13.2 Å². The molecule has 92 valence electrons. The third-order valence-corrected chi connectivity index (χ3v) is 2.28. The molecule has 1 aliphatic rings. The highest BCUT2D eigenvalue weighted by molar-refractivity contribution is 5.85. The van der Waals surface area contributed by atoms with Crippen molar-refractivity contribution in [2.45, 2.75) is 25.3 Å². The van der Waals surface area contributed by atoms with Crippen molar-refractivity contribution in [2.24, 2.45) is 0 Å². The first kappa shape index (κ1) is 11.8. The molecule has 17 heavy (non-hydrogen) atoms. The van der Waals surface area contributed by atoms with Gasteiger partial charge in [0.15, 0.2) is 11.5 Å². The lowest BCUT2D eigenvalue weighted by atomic mass is 9.94. The second kappa shape index (κ2) is 4.27. The van der Waals surface area contributed by atoms with Crippen LogP contribution < -0.4 is 9.47 Å². The van der Waals surface area contributed by atoms with E-state index in [1.165, 1.54) is 18.2 Å². The van der Waals surface area contributed by atoms with Gasteiger partial charge in [0, 0.05) is 12.8 Å². The monoisotopic (exact) mass is 246 g/mol. The Bertz CT molecular complexity index is 420. The van der Waals surface area contributed by atoms with Gasteiger partial charge < -0.3 is 9.47 Å². The summed E-state index contributed by atoms with van der Waals surface area (Å²) in [6, 6.07) is 5.51. The smallest absolute Gasteiger partial charge is 0.486 e. The Morgan fingerprint density at radius 1 is 1.12 bits per heavy atom. The number of Topliss-reactive ketones (excluding diaryl/α,β-unsaturated/α-hetero) is 1. The van der Waals surface area contributed by atoms with Crippen molar-refractivity contribution in [1.82, 2.24) is 0 Å². The largest absolute Gasteiger partial charge is 0.573 e. The molecule has 2 rings (SSSR count). The Labute approximate surface area is 95.1 Å². The van der Waals surface area contributed by atoms with Crippen LogP contribution in [0.25, 0.3) is 0 Å². The molecule has 6 heteroatoms. The van der Waals surface area contributed by atoms with E-state index in [2.05, 4.69) is 4.74 Å². The summed E-state index contributed by atoms with van der Waals surface area (Å²) in [6.45, 7) is 0. The highest BCUT2D eigenvalue weighted by Gasteiger charge is 2.34. The Hall–Kier alpha value is -1.72. The standard InChI is InChI=1S/C11H9F3O3/c12-11(13,14)17-10-4-2-1-3-9(10)16-8-5-7(15)6-8/h1-4,8H,5-6H2. The van der Waals surface area contributed by atoms with Gasteiger partial charge in [0.2, 0.25) is 0 Å². The number of ketones is 1. The van der Waals surface area contributed by atoms with Gasteiger partial charge in [-0.1, -0.05) is 12.1 Å². The molecule has 1 saturated carbocycles. The number of rotatable bonds is 3. The average Bonchev–Trinajstić information content (AvgIpc) is 2.16. The van der Waals surface area contributed by atoms with Crippen molar-refractivity contribution in [3.8, 4) is 11.5 Å². The van der Waals surface area contributed by atoms with Gasteiger partial charge in [-0.3, -0.25) is 4.79 Å². The number of para-hydroxylation sites is 2. The Kier molecular flexibility index (Phi) is 2.95. The zero-order valence-corrected chi connectivity index (χ0v) is 8.66. The van der Waals surface area contributed by atoms with Crippen LogP contribution in [0, 0.1) is 0 Å². The molecule has 0 N–H and O–H groups in total. The predicted molar refractivity (Wildman–Crippen MR) is 51.8 cm³/mol. The fourth-order valence-corrected chi connectivity index (χ4v) is 1.47. The number of carbonyl (C=O) groups excluding carboxylic acids is 1. The minimum Gasteiger partial charge on any atom is -0.486 e. The second-order valence-electron chi connectivity index (χ2n) is 3.68. The molecular weight excluding hydrogens is 237 g/mol. The molecule has 1 aromatic rings. The zero-order chi connectivity index (χ0) is 12.5. The Balaban J connectivity index is 2.08. The van der Waals surface area contributed by atoms with E-state index in [-0.39, 0.29) is 36.2 Å². The van der Waals surface area contributed by atoms with Gasteiger partial charge in [0.25, 0.3) is 0 Å². The maximum Gasteiger partial charge on any atom is 0.573 e. The SMILES string of the molecule is O=C1CC(Oc2ccccc2OC(F)(F)F)C1. The molecule has 1 aliphatic carbocycles. The molecule has 0 amide bonds. The fourth-order valence-electron chi connectivity index (χ4n) is 1.47. The van der Waals surface area contributed by atoms with Crippen LogP contribution in [0.2, 0.25) is 0 Å². The summed E-state index contributed by atoms with van der Waals surface area (Å²) in [4.78, 5) is 10.7. The maximum absolute atomic E-state index is 12.1. The minimum atomic E-state index is -4.76. The van der Waals surface area contributed by atoms with Crippen molar-refractivity contribution >= 4 is 5.78 Å². The summed E-state index contributed by atoms with van der Waals surface area (Å²) >= 11 is 0. The minimum absolute atomic E-state index is 0.00215. The molecule has 1 aromatic carbocycles. The van der Waals surface area contributed by atoms with Crippen LogP contribution in [0.15, 0.2) is 24.3 Å². The molecule has 0 unspecified atom stereocenters. The highest BCUT2D eigenvalue weighted by atomic mass is 19.4. The normalized spacial score (nSPS) is 16.5. The van der Waals surface area contributed by atoms with Crippen molar-refractivity contribution < 1.29 is 27.4 Å².